The Morgan fingerprint density at radius 2 is 2.14 bits per heavy atom. The fourth-order valence-corrected chi connectivity index (χ4v) is 2.55. The highest BCUT2D eigenvalue weighted by Crippen LogP contribution is 2.14. The van der Waals surface area contributed by atoms with Gasteiger partial charge in [0.1, 0.15) is 0 Å². The number of alkyl halides is 1. The van der Waals surface area contributed by atoms with E-state index in [1.54, 1.807) is 10.6 Å². The van der Waals surface area contributed by atoms with E-state index in [2.05, 4.69) is 54.7 Å². The van der Waals surface area contributed by atoms with Gasteiger partial charge in [-0.05, 0) is 43.8 Å². The van der Waals surface area contributed by atoms with Crippen molar-refractivity contribution in [1.82, 2.24) is 4.57 Å². The van der Waals surface area contributed by atoms with Gasteiger partial charge in [0, 0.05) is 22.5 Å². The first-order valence-electron chi connectivity index (χ1n) is 4.16. The zero-order valence-electron chi connectivity index (χ0n) is 7.64. The van der Waals surface area contributed by atoms with Crippen LogP contribution in [0.2, 0.25) is 0 Å². The highest BCUT2D eigenvalue weighted by Gasteiger charge is 2.06. The number of nitrogens with zero attached hydrogens (tertiary/aromatic N) is 1. The van der Waals surface area contributed by atoms with Crippen LogP contribution in [0.1, 0.15) is 6.92 Å². The largest absolute Gasteiger partial charge is 0.313 e. The first-order chi connectivity index (χ1) is 6.54. The fourth-order valence-electron chi connectivity index (χ4n) is 1.08. The molecule has 0 amide bonds. The van der Waals surface area contributed by atoms with E-state index >= 15 is 0 Å². The maximum Gasteiger partial charge on any atom is 0.264 e. The third kappa shape index (κ3) is 3.21. The first-order valence-corrected chi connectivity index (χ1v) is 6.86. The lowest BCUT2D eigenvalue weighted by Gasteiger charge is -2.11. The summed E-state index contributed by atoms with van der Waals surface area (Å²) < 4.78 is 3.21. The van der Waals surface area contributed by atoms with Gasteiger partial charge in [-0.3, -0.25) is 4.79 Å². The first kappa shape index (κ1) is 12.5. The fraction of sp³-hybridized carbons (Fsp3) is 0.444. The molecule has 0 aliphatic heterocycles. The second-order valence-electron chi connectivity index (χ2n) is 3.22. The topological polar surface area (TPSA) is 22.0 Å². The normalized spacial score (nSPS) is 12.9. The molecule has 0 aliphatic carbocycles. The summed E-state index contributed by atoms with van der Waals surface area (Å²) in [5, 5.41) is 0.892. The summed E-state index contributed by atoms with van der Waals surface area (Å²) in [5.74, 6) is 0.439. The minimum absolute atomic E-state index is 0.0148. The molecule has 1 atom stereocenters. The Balaban J connectivity index is 3.02. The second kappa shape index (κ2) is 5.47. The van der Waals surface area contributed by atoms with Crippen molar-refractivity contribution >= 4 is 47.8 Å². The minimum Gasteiger partial charge on any atom is -0.313 e. The van der Waals surface area contributed by atoms with Gasteiger partial charge in [0.15, 0.2) is 0 Å². The minimum atomic E-state index is 0.0148. The Morgan fingerprint density at radius 3 is 2.71 bits per heavy atom. The van der Waals surface area contributed by atoms with Crippen LogP contribution in [0.25, 0.3) is 0 Å². The highest BCUT2D eigenvalue weighted by molar-refractivity contribution is 9.11. The zero-order valence-corrected chi connectivity index (χ0v) is 12.4. The molecule has 14 heavy (non-hydrogen) atoms. The van der Waals surface area contributed by atoms with Crippen LogP contribution >= 0.6 is 47.8 Å². The van der Waals surface area contributed by atoms with Crippen molar-refractivity contribution in [3.8, 4) is 0 Å². The van der Waals surface area contributed by atoms with Crippen LogP contribution < -0.4 is 5.56 Å². The molecule has 0 saturated carbocycles. The van der Waals surface area contributed by atoms with Gasteiger partial charge in [-0.2, -0.15) is 0 Å². The lowest BCUT2D eigenvalue weighted by molar-refractivity contribution is 0.518. The van der Waals surface area contributed by atoms with Crippen LogP contribution in [-0.4, -0.2) is 9.90 Å². The standard InChI is InChI=1S/C9H10Br3NO/c1-6(3-10)4-13-5-7(11)2-8(12)9(13)14/h2,5-6H,3-4H2,1H3. The van der Waals surface area contributed by atoms with Gasteiger partial charge in [-0.1, -0.05) is 22.9 Å². The summed E-state index contributed by atoms with van der Waals surface area (Å²) >= 11 is 9.99. The lowest BCUT2D eigenvalue weighted by Crippen LogP contribution is -2.23. The lowest BCUT2D eigenvalue weighted by atomic mass is 10.2. The predicted molar refractivity (Wildman–Crippen MR) is 69.1 cm³/mol. The third-order valence-electron chi connectivity index (χ3n) is 1.78. The molecule has 0 aromatic carbocycles. The molecule has 1 aromatic heterocycles. The van der Waals surface area contributed by atoms with E-state index in [4.69, 9.17) is 0 Å². The van der Waals surface area contributed by atoms with E-state index in [0.717, 1.165) is 16.3 Å². The van der Waals surface area contributed by atoms with Crippen molar-refractivity contribution in [3.05, 3.63) is 31.6 Å². The number of rotatable bonds is 3. The Bertz CT molecular complexity index is 375. The van der Waals surface area contributed by atoms with E-state index < -0.39 is 0 Å². The molecular formula is C9H10Br3NO. The van der Waals surface area contributed by atoms with Gasteiger partial charge in [0.25, 0.3) is 5.56 Å². The molecule has 0 bridgehead atoms. The molecule has 1 aromatic rings. The number of hydrogen-bond donors (Lipinski definition) is 0. The van der Waals surface area contributed by atoms with E-state index in [1.165, 1.54) is 0 Å². The third-order valence-corrected chi connectivity index (χ3v) is 3.89. The number of halogens is 3. The monoisotopic (exact) mass is 385 g/mol. The quantitative estimate of drug-likeness (QED) is 0.728. The SMILES string of the molecule is CC(CBr)Cn1cc(Br)cc(Br)c1=O. The number of pyridine rings is 1. The van der Waals surface area contributed by atoms with Crippen molar-refractivity contribution in [2.45, 2.75) is 13.5 Å². The van der Waals surface area contributed by atoms with E-state index in [-0.39, 0.29) is 5.56 Å². The maximum absolute atomic E-state index is 11.7. The molecule has 2 nitrogen and oxygen atoms in total. The van der Waals surface area contributed by atoms with Crippen LogP contribution in [0.4, 0.5) is 0 Å². The Labute approximate surface area is 108 Å². The van der Waals surface area contributed by atoms with Gasteiger partial charge in [0.05, 0.1) is 4.47 Å². The summed E-state index contributed by atoms with van der Waals surface area (Å²) in [7, 11) is 0. The summed E-state index contributed by atoms with van der Waals surface area (Å²) in [5.41, 5.74) is 0.0148. The van der Waals surface area contributed by atoms with E-state index in [0.29, 0.717) is 10.4 Å². The Kier molecular flexibility index (Phi) is 4.87. The summed E-state index contributed by atoms with van der Waals surface area (Å²) in [6, 6.07) is 1.76. The molecule has 1 unspecified atom stereocenters. The van der Waals surface area contributed by atoms with Gasteiger partial charge in [-0.25, -0.2) is 0 Å². The molecule has 0 spiro atoms. The van der Waals surface area contributed by atoms with Crippen LogP contribution in [0.3, 0.4) is 0 Å². The van der Waals surface area contributed by atoms with Gasteiger partial charge in [0.2, 0.25) is 0 Å². The summed E-state index contributed by atoms with van der Waals surface area (Å²) in [6.45, 7) is 2.82. The molecule has 5 heteroatoms. The molecular weight excluding hydrogens is 378 g/mol. The van der Waals surface area contributed by atoms with Gasteiger partial charge < -0.3 is 4.57 Å². The average molecular weight is 388 g/mol. The smallest absolute Gasteiger partial charge is 0.264 e. The Hall–Kier alpha value is 0.390. The molecule has 0 radical (unpaired) electrons. The molecule has 1 rings (SSSR count). The van der Waals surface area contributed by atoms with Crippen LogP contribution in [0.15, 0.2) is 26.0 Å². The summed E-state index contributed by atoms with van der Waals surface area (Å²) in [6.07, 6.45) is 1.81. The van der Waals surface area contributed by atoms with Crippen LogP contribution in [-0.2, 0) is 6.54 Å². The van der Waals surface area contributed by atoms with Gasteiger partial charge >= 0.3 is 0 Å². The van der Waals surface area contributed by atoms with Gasteiger partial charge in [-0.15, -0.1) is 0 Å². The van der Waals surface area contributed by atoms with Crippen molar-refractivity contribution in [2.75, 3.05) is 5.33 Å². The molecule has 1 heterocycles. The highest BCUT2D eigenvalue weighted by atomic mass is 79.9. The average Bonchev–Trinajstić information content (AvgIpc) is 2.13. The van der Waals surface area contributed by atoms with Crippen molar-refractivity contribution in [3.63, 3.8) is 0 Å². The van der Waals surface area contributed by atoms with Crippen LogP contribution in [0.5, 0.6) is 0 Å². The van der Waals surface area contributed by atoms with E-state index in [9.17, 15) is 4.79 Å². The van der Waals surface area contributed by atoms with Crippen molar-refractivity contribution in [1.29, 1.82) is 0 Å². The molecule has 0 aliphatic rings. The Morgan fingerprint density at radius 1 is 1.50 bits per heavy atom. The molecule has 0 saturated heterocycles. The maximum atomic E-state index is 11.7. The van der Waals surface area contributed by atoms with Crippen molar-refractivity contribution in [2.24, 2.45) is 5.92 Å². The molecule has 78 valence electrons. The zero-order chi connectivity index (χ0) is 10.7. The second-order valence-corrected chi connectivity index (χ2v) is 5.64. The summed E-state index contributed by atoms with van der Waals surface area (Å²) in [4.78, 5) is 11.7. The van der Waals surface area contributed by atoms with Crippen LogP contribution in [0, 0.1) is 5.92 Å². The van der Waals surface area contributed by atoms with Crippen molar-refractivity contribution < 1.29 is 0 Å². The molecule has 0 fully saturated rings. The predicted octanol–water partition coefficient (Wildman–Crippen LogP) is 3.40. The molecule has 0 N–H and O–H groups in total. The number of aromatic nitrogens is 1. The van der Waals surface area contributed by atoms with E-state index in [1.807, 2.05) is 6.20 Å². The number of hydrogen-bond acceptors (Lipinski definition) is 1.